The van der Waals surface area contributed by atoms with E-state index in [1.54, 1.807) is 26.0 Å². The topological polar surface area (TPSA) is 37.4 Å². The Bertz CT molecular complexity index is 541. The number of amides is 1. The summed E-state index contributed by atoms with van der Waals surface area (Å²) in [5.41, 5.74) is 0.641. The molecule has 0 unspecified atom stereocenters. The molecule has 0 aliphatic rings. The zero-order valence-electron chi connectivity index (χ0n) is 13.7. The fraction of sp³-hybridized carbons (Fsp3) is 0.529. The van der Waals surface area contributed by atoms with Crippen LogP contribution in [-0.2, 0) is 10.2 Å². The molecule has 122 valence electrons. The monoisotopic (exact) mass is 311 g/mol. The fourth-order valence-electron chi connectivity index (χ4n) is 2.11. The maximum absolute atomic E-state index is 14.1. The lowest BCUT2D eigenvalue weighted by Gasteiger charge is -2.24. The molecule has 0 saturated heterocycles. The van der Waals surface area contributed by atoms with Crippen molar-refractivity contribution in [3.8, 4) is 0 Å². The van der Waals surface area contributed by atoms with Crippen LogP contribution in [0.25, 0.3) is 0 Å². The van der Waals surface area contributed by atoms with Crippen LogP contribution < -0.4 is 0 Å². The predicted molar refractivity (Wildman–Crippen MR) is 82.3 cm³/mol. The highest BCUT2D eigenvalue weighted by molar-refractivity contribution is 6.15. The van der Waals surface area contributed by atoms with Gasteiger partial charge in [0, 0.05) is 18.7 Å². The van der Waals surface area contributed by atoms with Gasteiger partial charge in [-0.25, -0.2) is 0 Å². The normalized spacial score (nSPS) is 12.1. The van der Waals surface area contributed by atoms with Gasteiger partial charge in [0.15, 0.2) is 0 Å². The van der Waals surface area contributed by atoms with Crippen molar-refractivity contribution in [3.63, 3.8) is 0 Å². The van der Waals surface area contributed by atoms with E-state index in [1.807, 2.05) is 20.8 Å². The highest BCUT2D eigenvalue weighted by atomic mass is 19.3. The first-order valence-corrected chi connectivity index (χ1v) is 7.38. The summed E-state index contributed by atoms with van der Waals surface area (Å²) in [5.74, 6) is -6.93. The minimum absolute atomic E-state index is 0.138. The molecule has 0 fully saturated rings. The molecule has 0 N–H and O–H groups in total. The molecule has 0 heterocycles. The van der Waals surface area contributed by atoms with Gasteiger partial charge in [0.1, 0.15) is 0 Å². The summed E-state index contributed by atoms with van der Waals surface area (Å²) in [6.45, 7) is 9.44. The van der Waals surface area contributed by atoms with E-state index in [0.29, 0.717) is 0 Å². The summed E-state index contributed by atoms with van der Waals surface area (Å²) in [7, 11) is 0. The quantitative estimate of drug-likeness (QED) is 0.614. The van der Waals surface area contributed by atoms with Crippen molar-refractivity contribution < 1.29 is 18.4 Å². The van der Waals surface area contributed by atoms with E-state index in [9.17, 15) is 18.4 Å². The van der Waals surface area contributed by atoms with E-state index >= 15 is 0 Å². The minimum Gasteiger partial charge on any atom is -0.338 e. The molecule has 0 aliphatic heterocycles. The van der Waals surface area contributed by atoms with Gasteiger partial charge in [0.05, 0.1) is 0 Å². The molecule has 0 aromatic heterocycles. The number of carbonyl (C=O) groups is 2. The molecule has 0 aliphatic carbocycles. The van der Waals surface area contributed by atoms with Crippen LogP contribution in [0.5, 0.6) is 0 Å². The van der Waals surface area contributed by atoms with Crippen LogP contribution >= 0.6 is 0 Å². The van der Waals surface area contributed by atoms with Crippen LogP contribution in [0.2, 0.25) is 0 Å². The third-order valence-electron chi connectivity index (χ3n) is 3.62. The number of benzene rings is 1. The van der Waals surface area contributed by atoms with E-state index in [4.69, 9.17) is 0 Å². The van der Waals surface area contributed by atoms with Crippen molar-refractivity contribution in [1.29, 1.82) is 0 Å². The van der Waals surface area contributed by atoms with Crippen LogP contribution in [-0.4, -0.2) is 35.6 Å². The Morgan fingerprint density at radius 2 is 1.45 bits per heavy atom. The zero-order chi connectivity index (χ0) is 17.1. The number of hydrogen-bond donors (Lipinski definition) is 0. The number of hydrogen-bond acceptors (Lipinski definition) is 2. The average Bonchev–Trinajstić information content (AvgIpc) is 2.46. The van der Waals surface area contributed by atoms with Gasteiger partial charge >= 0.3 is 11.8 Å². The summed E-state index contributed by atoms with van der Waals surface area (Å²) in [6.07, 6.45) is 0. The predicted octanol–water partition coefficient (Wildman–Crippen LogP) is 3.67. The molecular formula is C17H23F2NO2. The van der Waals surface area contributed by atoms with Crippen LogP contribution in [0.3, 0.4) is 0 Å². The molecule has 0 bridgehead atoms. The molecule has 3 nitrogen and oxygen atoms in total. The Kier molecular flexibility index (Phi) is 5.44. The first kappa shape index (κ1) is 18.3. The van der Waals surface area contributed by atoms with E-state index in [0.717, 1.165) is 10.5 Å². The van der Waals surface area contributed by atoms with Gasteiger partial charge in [-0.2, -0.15) is 8.78 Å². The van der Waals surface area contributed by atoms with E-state index < -0.39 is 17.6 Å². The molecule has 5 heteroatoms. The summed E-state index contributed by atoms with van der Waals surface area (Å²) >= 11 is 0. The van der Waals surface area contributed by atoms with Gasteiger partial charge in [0.2, 0.25) is 5.78 Å². The van der Waals surface area contributed by atoms with E-state index in [-0.39, 0.29) is 24.1 Å². The second kappa shape index (κ2) is 6.55. The molecule has 1 rings (SSSR count). The zero-order valence-corrected chi connectivity index (χ0v) is 13.7. The van der Waals surface area contributed by atoms with Gasteiger partial charge < -0.3 is 4.90 Å². The third kappa shape index (κ3) is 3.70. The van der Waals surface area contributed by atoms with Gasteiger partial charge in [-0.15, -0.1) is 0 Å². The standard InChI is InChI=1S/C17H23F2NO2/c1-6-20(7-2)15(22)17(18,19)14(21)12-8-10-13(11-9-12)16(3,4)5/h8-11H,6-7H2,1-5H3. The van der Waals surface area contributed by atoms with E-state index in [1.165, 1.54) is 12.1 Å². The fourth-order valence-corrected chi connectivity index (χ4v) is 2.11. The lowest BCUT2D eigenvalue weighted by Crippen LogP contribution is -2.48. The number of rotatable bonds is 5. The first-order valence-electron chi connectivity index (χ1n) is 7.38. The van der Waals surface area contributed by atoms with Crippen LogP contribution in [0, 0.1) is 0 Å². The molecule has 1 aromatic rings. The van der Waals surface area contributed by atoms with Crippen molar-refractivity contribution >= 4 is 11.7 Å². The molecule has 0 spiro atoms. The number of ketones is 1. The highest BCUT2D eigenvalue weighted by Gasteiger charge is 2.49. The molecule has 1 aromatic carbocycles. The Hall–Kier alpha value is -1.78. The maximum atomic E-state index is 14.1. The SMILES string of the molecule is CCN(CC)C(=O)C(F)(F)C(=O)c1ccc(C(C)(C)C)cc1. The number of carbonyl (C=O) groups excluding carboxylic acids is 2. The summed E-state index contributed by atoms with van der Waals surface area (Å²) in [4.78, 5) is 24.8. The van der Waals surface area contributed by atoms with Crippen LogP contribution in [0.4, 0.5) is 8.78 Å². The number of Topliss-reactive ketones (excluding diaryl/α,β-unsaturated/α-hetero) is 1. The lowest BCUT2D eigenvalue weighted by atomic mass is 9.86. The number of alkyl halides is 2. The Balaban J connectivity index is 3.06. The maximum Gasteiger partial charge on any atom is 0.386 e. The van der Waals surface area contributed by atoms with Crippen LogP contribution in [0.15, 0.2) is 24.3 Å². The van der Waals surface area contributed by atoms with Gasteiger partial charge in [-0.1, -0.05) is 45.0 Å². The minimum atomic E-state index is -4.03. The largest absolute Gasteiger partial charge is 0.386 e. The Labute approximate surface area is 130 Å². The Morgan fingerprint density at radius 3 is 1.82 bits per heavy atom. The van der Waals surface area contributed by atoms with Crippen molar-refractivity contribution in [3.05, 3.63) is 35.4 Å². The molecule has 22 heavy (non-hydrogen) atoms. The molecule has 0 radical (unpaired) electrons. The van der Waals surface area contributed by atoms with Crippen molar-refractivity contribution in [2.45, 2.75) is 46.0 Å². The first-order chi connectivity index (χ1) is 10.1. The van der Waals surface area contributed by atoms with Crippen molar-refractivity contribution in [2.24, 2.45) is 0 Å². The molecule has 0 saturated carbocycles. The Morgan fingerprint density at radius 1 is 1.00 bits per heavy atom. The third-order valence-corrected chi connectivity index (χ3v) is 3.62. The van der Waals surface area contributed by atoms with E-state index in [2.05, 4.69) is 0 Å². The molecular weight excluding hydrogens is 288 g/mol. The van der Waals surface area contributed by atoms with Crippen molar-refractivity contribution in [2.75, 3.05) is 13.1 Å². The van der Waals surface area contributed by atoms with Gasteiger partial charge in [0.25, 0.3) is 0 Å². The number of halogens is 2. The number of nitrogens with zero attached hydrogens (tertiary/aromatic N) is 1. The highest BCUT2D eigenvalue weighted by Crippen LogP contribution is 2.26. The van der Waals surface area contributed by atoms with Gasteiger partial charge in [-0.3, -0.25) is 9.59 Å². The molecule has 1 amide bonds. The summed E-state index contributed by atoms with van der Waals surface area (Å²) in [6, 6.07) is 6.00. The summed E-state index contributed by atoms with van der Waals surface area (Å²) < 4.78 is 28.2. The van der Waals surface area contributed by atoms with Crippen molar-refractivity contribution in [1.82, 2.24) is 4.90 Å². The second-order valence-corrected chi connectivity index (χ2v) is 6.21. The smallest absolute Gasteiger partial charge is 0.338 e. The van der Waals surface area contributed by atoms with Crippen LogP contribution in [0.1, 0.15) is 50.5 Å². The molecule has 0 atom stereocenters. The summed E-state index contributed by atoms with van der Waals surface area (Å²) in [5, 5.41) is 0. The average molecular weight is 311 g/mol. The second-order valence-electron chi connectivity index (χ2n) is 6.21. The van der Waals surface area contributed by atoms with Gasteiger partial charge in [-0.05, 0) is 24.8 Å². The lowest BCUT2D eigenvalue weighted by molar-refractivity contribution is -0.150.